The summed E-state index contributed by atoms with van der Waals surface area (Å²) >= 11 is 8.69. The minimum atomic E-state index is -0.0800. The Balaban J connectivity index is 1.48. The molecular weight excluding hydrogens is 400 g/mol. The van der Waals surface area contributed by atoms with E-state index in [0.29, 0.717) is 10.2 Å². The van der Waals surface area contributed by atoms with Crippen LogP contribution in [-0.2, 0) is 4.79 Å². The normalized spacial score (nSPS) is 11.8. The summed E-state index contributed by atoms with van der Waals surface area (Å²) in [6.45, 7) is 3.99. The number of hydrogen-bond acceptors (Lipinski definition) is 6. The summed E-state index contributed by atoms with van der Waals surface area (Å²) < 4.78 is 0.749. The molecule has 0 spiro atoms. The van der Waals surface area contributed by atoms with Crippen molar-refractivity contribution in [1.82, 2.24) is 15.5 Å². The van der Waals surface area contributed by atoms with Crippen LogP contribution in [0.15, 0.2) is 52.9 Å². The molecule has 0 fully saturated rings. The summed E-state index contributed by atoms with van der Waals surface area (Å²) in [5.74, 6) is 0.239. The number of thioether (sulfide) groups is 1. The molecule has 0 saturated heterocycles. The third-order valence-corrected chi connectivity index (χ3v) is 6.01. The SMILES string of the molecule is Cc1ccc(Nc2nnc(SCC(=O)N[C@H](C)c3ccc(Cl)cc3)s2)cc1. The predicted octanol–water partition coefficient (Wildman–Crippen LogP) is 5.21. The van der Waals surface area contributed by atoms with E-state index in [9.17, 15) is 4.79 Å². The monoisotopic (exact) mass is 418 g/mol. The first-order valence-electron chi connectivity index (χ1n) is 8.34. The molecule has 1 aromatic heterocycles. The quantitative estimate of drug-likeness (QED) is 0.515. The second kappa shape index (κ2) is 9.21. The van der Waals surface area contributed by atoms with Gasteiger partial charge in [-0.2, -0.15) is 0 Å². The van der Waals surface area contributed by atoms with E-state index in [-0.39, 0.29) is 17.7 Å². The lowest BCUT2D eigenvalue weighted by Crippen LogP contribution is -2.28. The molecule has 3 rings (SSSR count). The maximum absolute atomic E-state index is 12.2. The molecule has 3 aromatic rings. The average molecular weight is 419 g/mol. The van der Waals surface area contributed by atoms with Crippen molar-refractivity contribution >= 4 is 51.4 Å². The average Bonchev–Trinajstić information content (AvgIpc) is 3.10. The molecule has 0 aliphatic heterocycles. The topological polar surface area (TPSA) is 66.9 Å². The lowest BCUT2D eigenvalue weighted by atomic mass is 10.1. The molecule has 1 atom stereocenters. The molecule has 0 aliphatic carbocycles. The largest absolute Gasteiger partial charge is 0.349 e. The van der Waals surface area contributed by atoms with Gasteiger partial charge in [-0.05, 0) is 43.7 Å². The number of carbonyl (C=O) groups is 1. The van der Waals surface area contributed by atoms with Gasteiger partial charge in [-0.1, -0.05) is 64.5 Å². The van der Waals surface area contributed by atoms with Gasteiger partial charge in [0.25, 0.3) is 0 Å². The first kappa shape index (κ1) is 19.7. The first-order valence-corrected chi connectivity index (χ1v) is 10.5. The van der Waals surface area contributed by atoms with Crippen LogP contribution in [0.25, 0.3) is 0 Å². The molecule has 1 amide bonds. The van der Waals surface area contributed by atoms with Crippen LogP contribution in [0.2, 0.25) is 5.02 Å². The molecule has 0 aliphatic rings. The maximum Gasteiger partial charge on any atom is 0.230 e. The number of nitrogens with zero attached hydrogens (tertiary/aromatic N) is 2. The van der Waals surface area contributed by atoms with Crippen LogP contribution in [0.5, 0.6) is 0 Å². The minimum absolute atomic E-state index is 0.0503. The number of carbonyl (C=O) groups excluding carboxylic acids is 1. The van der Waals surface area contributed by atoms with E-state index in [1.54, 1.807) is 0 Å². The van der Waals surface area contributed by atoms with Gasteiger partial charge in [-0.25, -0.2) is 0 Å². The Morgan fingerprint density at radius 2 is 1.85 bits per heavy atom. The van der Waals surface area contributed by atoms with Crippen LogP contribution in [0, 0.1) is 6.92 Å². The zero-order valence-corrected chi connectivity index (χ0v) is 17.3. The third kappa shape index (κ3) is 5.95. The molecule has 2 N–H and O–H groups in total. The van der Waals surface area contributed by atoms with E-state index in [2.05, 4.69) is 20.8 Å². The molecule has 8 heteroatoms. The molecule has 0 bridgehead atoms. The number of hydrogen-bond donors (Lipinski definition) is 2. The van der Waals surface area contributed by atoms with Crippen LogP contribution < -0.4 is 10.6 Å². The van der Waals surface area contributed by atoms with Crippen LogP contribution >= 0.6 is 34.7 Å². The fraction of sp³-hybridized carbons (Fsp3) is 0.211. The number of rotatable bonds is 7. The third-order valence-electron chi connectivity index (χ3n) is 3.78. The first-order chi connectivity index (χ1) is 13.0. The standard InChI is InChI=1S/C19H19ClN4OS2/c1-12-3-9-16(10-4-12)22-18-23-24-19(27-18)26-11-17(25)21-13(2)14-5-7-15(20)8-6-14/h3-10,13H,11H2,1-2H3,(H,21,25)(H,22,23)/t13-/m1/s1. The van der Waals surface area contributed by atoms with E-state index in [1.807, 2.05) is 62.4 Å². The molecular formula is C19H19ClN4OS2. The lowest BCUT2D eigenvalue weighted by molar-refractivity contribution is -0.119. The predicted molar refractivity (Wildman–Crippen MR) is 113 cm³/mol. The lowest BCUT2D eigenvalue weighted by Gasteiger charge is -2.14. The van der Waals surface area contributed by atoms with Crippen LogP contribution in [0.4, 0.5) is 10.8 Å². The Morgan fingerprint density at radius 3 is 2.56 bits per heavy atom. The number of benzene rings is 2. The number of nitrogens with one attached hydrogen (secondary N) is 2. The second-order valence-corrected chi connectivity index (χ2v) is 8.63. The fourth-order valence-corrected chi connectivity index (χ4v) is 4.03. The van der Waals surface area contributed by atoms with E-state index in [1.165, 1.54) is 28.7 Å². The summed E-state index contributed by atoms with van der Waals surface area (Å²) in [5.41, 5.74) is 3.17. The van der Waals surface area contributed by atoms with Crippen LogP contribution in [0.3, 0.4) is 0 Å². The highest BCUT2D eigenvalue weighted by molar-refractivity contribution is 8.01. The highest BCUT2D eigenvalue weighted by atomic mass is 35.5. The number of anilines is 2. The summed E-state index contributed by atoms with van der Waals surface area (Å²) in [4.78, 5) is 12.2. The number of halogens is 1. The molecule has 5 nitrogen and oxygen atoms in total. The van der Waals surface area contributed by atoms with Gasteiger partial charge in [-0.15, -0.1) is 10.2 Å². The van der Waals surface area contributed by atoms with Crippen molar-refractivity contribution in [3.05, 3.63) is 64.7 Å². The van der Waals surface area contributed by atoms with Crippen molar-refractivity contribution in [3.63, 3.8) is 0 Å². The van der Waals surface area contributed by atoms with Gasteiger partial charge >= 0.3 is 0 Å². The van der Waals surface area contributed by atoms with E-state index < -0.39 is 0 Å². The Labute approximate surface area is 171 Å². The van der Waals surface area contributed by atoms with Gasteiger partial charge in [0, 0.05) is 10.7 Å². The van der Waals surface area contributed by atoms with E-state index in [0.717, 1.165) is 15.6 Å². The zero-order valence-electron chi connectivity index (χ0n) is 14.9. The van der Waals surface area contributed by atoms with E-state index in [4.69, 9.17) is 11.6 Å². The highest BCUT2D eigenvalue weighted by Crippen LogP contribution is 2.27. The van der Waals surface area contributed by atoms with Crippen LogP contribution in [-0.4, -0.2) is 21.9 Å². The van der Waals surface area contributed by atoms with Gasteiger partial charge in [0.05, 0.1) is 11.8 Å². The molecule has 140 valence electrons. The van der Waals surface area contributed by atoms with Gasteiger partial charge in [-0.3, -0.25) is 4.79 Å². The Kier molecular flexibility index (Phi) is 6.71. The molecule has 2 aromatic carbocycles. The molecule has 0 saturated carbocycles. The highest BCUT2D eigenvalue weighted by Gasteiger charge is 2.12. The Hall–Kier alpha value is -2.09. The zero-order chi connectivity index (χ0) is 19.2. The van der Waals surface area contributed by atoms with Crippen LogP contribution in [0.1, 0.15) is 24.1 Å². The van der Waals surface area contributed by atoms with Crippen molar-refractivity contribution in [1.29, 1.82) is 0 Å². The Morgan fingerprint density at radius 1 is 1.15 bits per heavy atom. The summed E-state index contributed by atoms with van der Waals surface area (Å²) in [6, 6.07) is 15.4. The number of aryl methyl sites for hydroxylation is 1. The van der Waals surface area contributed by atoms with Gasteiger partial charge in [0.2, 0.25) is 11.0 Å². The van der Waals surface area contributed by atoms with Crippen molar-refractivity contribution in [2.75, 3.05) is 11.1 Å². The molecule has 0 radical (unpaired) electrons. The van der Waals surface area contributed by atoms with Gasteiger partial charge < -0.3 is 10.6 Å². The fourth-order valence-electron chi connectivity index (χ4n) is 2.32. The molecule has 1 heterocycles. The van der Waals surface area contributed by atoms with Crippen molar-refractivity contribution in [2.24, 2.45) is 0 Å². The van der Waals surface area contributed by atoms with Crippen molar-refractivity contribution < 1.29 is 4.79 Å². The second-order valence-electron chi connectivity index (χ2n) is 5.99. The van der Waals surface area contributed by atoms with Gasteiger partial charge in [0.15, 0.2) is 4.34 Å². The Bertz CT molecular complexity index is 897. The summed E-state index contributed by atoms with van der Waals surface area (Å²) in [7, 11) is 0. The van der Waals surface area contributed by atoms with Crippen molar-refractivity contribution in [2.45, 2.75) is 24.2 Å². The van der Waals surface area contributed by atoms with E-state index >= 15 is 0 Å². The van der Waals surface area contributed by atoms with Crippen molar-refractivity contribution in [3.8, 4) is 0 Å². The van der Waals surface area contributed by atoms with Gasteiger partial charge in [0.1, 0.15) is 0 Å². The molecule has 0 unspecified atom stereocenters. The molecule has 27 heavy (non-hydrogen) atoms. The number of aromatic nitrogens is 2. The maximum atomic E-state index is 12.2. The summed E-state index contributed by atoms with van der Waals surface area (Å²) in [5, 5.41) is 15.8. The minimum Gasteiger partial charge on any atom is -0.349 e. The summed E-state index contributed by atoms with van der Waals surface area (Å²) in [6.07, 6.45) is 0. The number of amides is 1. The smallest absolute Gasteiger partial charge is 0.230 e.